The number of carbonyl (C=O) groups excluding carboxylic acids is 1. The lowest BCUT2D eigenvalue weighted by atomic mass is 9.82. The zero-order valence-electron chi connectivity index (χ0n) is 16.5. The summed E-state index contributed by atoms with van der Waals surface area (Å²) in [6.07, 6.45) is 0. The molecule has 1 atom stereocenters. The lowest BCUT2D eigenvalue weighted by Gasteiger charge is -2.30. The predicted molar refractivity (Wildman–Crippen MR) is 105 cm³/mol. The molecule has 1 aromatic carbocycles. The van der Waals surface area contributed by atoms with Crippen LogP contribution in [0.1, 0.15) is 30.9 Å². The molecule has 8 heteroatoms. The minimum atomic E-state index is -0.699. The van der Waals surface area contributed by atoms with Crippen molar-refractivity contribution in [1.29, 1.82) is 0 Å². The summed E-state index contributed by atoms with van der Waals surface area (Å²) in [5, 5.41) is 3.04. The van der Waals surface area contributed by atoms with Crippen molar-refractivity contribution in [3.05, 3.63) is 67.5 Å². The number of allylic oxidation sites excluding steroid dienone is 1. The summed E-state index contributed by atoms with van der Waals surface area (Å²) in [6, 6.07) is 7.23. The monoisotopic (exact) mass is 385 g/mol. The average Bonchev–Trinajstić information content (AvgIpc) is 2.69. The number of nitrogens with zero attached hydrogens (tertiary/aromatic N) is 2. The first-order chi connectivity index (χ1) is 13.3. The molecule has 8 nitrogen and oxygen atoms in total. The van der Waals surface area contributed by atoms with Gasteiger partial charge in [0.15, 0.2) is 0 Å². The lowest BCUT2D eigenvalue weighted by Crippen LogP contribution is -2.43. The number of nitrogens with one attached hydrogen (secondary N) is 1. The van der Waals surface area contributed by atoms with Crippen molar-refractivity contribution < 1.29 is 14.3 Å². The van der Waals surface area contributed by atoms with Gasteiger partial charge in [0.05, 0.1) is 30.8 Å². The van der Waals surface area contributed by atoms with E-state index in [2.05, 4.69) is 5.32 Å². The zero-order valence-corrected chi connectivity index (χ0v) is 16.5. The predicted octanol–water partition coefficient (Wildman–Crippen LogP) is 1.49. The van der Waals surface area contributed by atoms with Crippen molar-refractivity contribution in [2.24, 2.45) is 14.1 Å². The molecule has 148 valence electrons. The number of esters is 1. The number of benzene rings is 1. The molecule has 2 heterocycles. The number of rotatable bonds is 4. The fraction of sp³-hybridized carbons (Fsp3) is 0.350. The van der Waals surface area contributed by atoms with Gasteiger partial charge in [0.25, 0.3) is 5.56 Å². The Morgan fingerprint density at radius 1 is 1.21 bits per heavy atom. The second-order valence-electron chi connectivity index (χ2n) is 6.56. The maximum atomic E-state index is 13.0. The van der Waals surface area contributed by atoms with E-state index in [-0.39, 0.29) is 0 Å². The molecule has 0 bridgehead atoms. The molecule has 0 radical (unpaired) electrons. The van der Waals surface area contributed by atoms with E-state index in [0.717, 1.165) is 4.57 Å². The van der Waals surface area contributed by atoms with Crippen LogP contribution in [0.4, 0.5) is 5.82 Å². The van der Waals surface area contributed by atoms with Crippen LogP contribution >= 0.6 is 0 Å². The van der Waals surface area contributed by atoms with Crippen molar-refractivity contribution in [1.82, 2.24) is 9.13 Å². The molecule has 0 spiro atoms. The topological polar surface area (TPSA) is 91.6 Å². The van der Waals surface area contributed by atoms with Gasteiger partial charge in [-0.3, -0.25) is 13.9 Å². The number of hydrogen-bond acceptors (Lipinski definition) is 6. The molecule has 28 heavy (non-hydrogen) atoms. The van der Waals surface area contributed by atoms with Crippen molar-refractivity contribution in [2.75, 3.05) is 19.0 Å². The van der Waals surface area contributed by atoms with E-state index in [9.17, 15) is 14.4 Å². The maximum absolute atomic E-state index is 13.0. The van der Waals surface area contributed by atoms with Crippen molar-refractivity contribution in [3.63, 3.8) is 0 Å². The first-order valence-electron chi connectivity index (χ1n) is 8.90. The smallest absolute Gasteiger partial charge is 0.336 e. The van der Waals surface area contributed by atoms with Gasteiger partial charge >= 0.3 is 11.7 Å². The standard InChI is InChI=1S/C20H23N3O5/c1-6-28-13-9-7-8-12(10-13)15-14(19(25)27-5)11(2)21-17-16(15)18(24)23(4)20(26)22(17)3/h7-10,15,21H,6H2,1-5H3/t15-/m1/s1. The third-order valence-electron chi connectivity index (χ3n) is 4.89. The number of ether oxygens (including phenoxy) is 2. The summed E-state index contributed by atoms with van der Waals surface area (Å²) in [6.45, 7) is 4.08. The van der Waals surface area contributed by atoms with E-state index in [1.165, 1.54) is 18.7 Å². The number of carbonyl (C=O) groups is 1. The number of anilines is 1. The van der Waals surface area contributed by atoms with E-state index >= 15 is 0 Å². The van der Waals surface area contributed by atoms with Gasteiger partial charge in [-0.15, -0.1) is 0 Å². The van der Waals surface area contributed by atoms with Gasteiger partial charge in [-0.1, -0.05) is 12.1 Å². The zero-order chi connectivity index (χ0) is 20.6. The fourth-order valence-corrected chi connectivity index (χ4v) is 3.55. The van der Waals surface area contributed by atoms with Crippen LogP contribution in [0.3, 0.4) is 0 Å². The van der Waals surface area contributed by atoms with Gasteiger partial charge < -0.3 is 14.8 Å². The van der Waals surface area contributed by atoms with Crippen LogP contribution in [0.15, 0.2) is 45.1 Å². The minimum Gasteiger partial charge on any atom is -0.494 e. The number of aromatic nitrogens is 2. The molecular formula is C20H23N3O5. The minimum absolute atomic E-state index is 0.309. The lowest BCUT2D eigenvalue weighted by molar-refractivity contribution is -0.136. The molecule has 0 unspecified atom stereocenters. The number of fused-ring (bicyclic) bond motifs is 1. The van der Waals surface area contributed by atoms with Crippen LogP contribution in [0.2, 0.25) is 0 Å². The maximum Gasteiger partial charge on any atom is 0.336 e. The molecule has 0 fully saturated rings. The molecule has 1 aromatic heterocycles. The first-order valence-corrected chi connectivity index (χ1v) is 8.90. The summed E-state index contributed by atoms with van der Waals surface area (Å²) in [5.41, 5.74) is 0.931. The summed E-state index contributed by atoms with van der Waals surface area (Å²) in [7, 11) is 4.30. The van der Waals surface area contributed by atoms with Crippen LogP contribution in [0, 0.1) is 0 Å². The largest absolute Gasteiger partial charge is 0.494 e. The molecule has 1 aliphatic heterocycles. The van der Waals surface area contributed by atoms with Crippen molar-refractivity contribution in [2.45, 2.75) is 19.8 Å². The van der Waals surface area contributed by atoms with Gasteiger partial charge in [-0.2, -0.15) is 0 Å². The quantitative estimate of drug-likeness (QED) is 0.802. The molecule has 0 amide bonds. The molecule has 1 aliphatic rings. The molecular weight excluding hydrogens is 362 g/mol. The van der Waals surface area contributed by atoms with E-state index < -0.39 is 23.1 Å². The number of hydrogen-bond donors (Lipinski definition) is 1. The average molecular weight is 385 g/mol. The highest BCUT2D eigenvalue weighted by Gasteiger charge is 2.37. The molecule has 3 rings (SSSR count). The Labute approximate surface area is 162 Å². The Hall–Kier alpha value is -3.29. The molecule has 0 aliphatic carbocycles. The summed E-state index contributed by atoms with van der Waals surface area (Å²) in [5.74, 6) is -0.248. The third-order valence-corrected chi connectivity index (χ3v) is 4.89. The Bertz CT molecular complexity index is 1090. The second kappa shape index (κ2) is 7.38. The molecule has 2 aromatic rings. The Balaban J connectivity index is 2.37. The van der Waals surface area contributed by atoms with Crippen molar-refractivity contribution in [3.8, 4) is 5.75 Å². The third kappa shape index (κ3) is 3.00. The van der Waals surface area contributed by atoms with E-state index in [1.54, 1.807) is 26.1 Å². The normalized spacial score (nSPS) is 15.7. The van der Waals surface area contributed by atoms with Crippen molar-refractivity contribution >= 4 is 11.8 Å². The first kappa shape index (κ1) is 19.5. The van der Waals surface area contributed by atoms with Gasteiger partial charge in [-0.05, 0) is 31.5 Å². The van der Waals surface area contributed by atoms with E-state index in [4.69, 9.17) is 9.47 Å². The SMILES string of the molecule is CCOc1cccc([C@@H]2C(C(=O)OC)=C(C)Nc3c2c(=O)n(C)c(=O)n3C)c1. The van der Waals surface area contributed by atoms with E-state index in [0.29, 0.717) is 40.6 Å². The Kier molecular flexibility index (Phi) is 5.13. The Morgan fingerprint density at radius 3 is 2.57 bits per heavy atom. The highest BCUT2D eigenvalue weighted by Crippen LogP contribution is 2.40. The van der Waals surface area contributed by atoms with Gasteiger partial charge in [-0.25, -0.2) is 9.59 Å². The molecule has 0 saturated heterocycles. The van der Waals surface area contributed by atoms with Crippen LogP contribution in [0.25, 0.3) is 0 Å². The van der Waals surface area contributed by atoms with Crippen LogP contribution < -0.4 is 21.3 Å². The highest BCUT2D eigenvalue weighted by molar-refractivity contribution is 5.94. The van der Waals surface area contributed by atoms with Gasteiger partial charge in [0, 0.05) is 19.8 Å². The second-order valence-corrected chi connectivity index (χ2v) is 6.56. The summed E-state index contributed by atoms with van der Waals surface area (Å²) in [4.78, 5) is 38.0. The summed E-state index contributed by atoms with van der Waals surface area (Å²) >= 11 is 0. The number of methoxy groups -OCH3 is 1. The van der Waals surface area contributed by atoms with Gasteiger partial charge in [0.1, 0.15) is 11.6 Å². The summed E-state index contributed by atoms with van der Waals surface area (Å²) < 4.78 is 13.0. The Morgan fingerprint density at radius 2 is 1.93 bits per heavy atom. The molecule has 0 saturated carbocycles. The highest BCUT2D eigenvalue weighted by atomic mass is 16.5. The van der Waals surface area contributed by atoms with Crippen LogP contribution in [-0.4, -0.2) is 28.8 Å². The van der Waals surface area contributed by atoms with E-state index in [1.807, 2.05) is 19.1 Å². The van der Waals surface area contributed by atoms with Gasteiger partial charge in [0.2, 0.25) is 0 Å². The molecule has 1 N–H and O–H groups in total. The van der Waals surface area contributed by atoms with Crippen LogP contribution in [-0.2, 0) is 23.6 Å². The van der Waals surface area contributed by atoms with Crippen LogP contribution in [0.5, 0.6) is 5.75 Å². The fourth-order valence-electron chi connectivity index (χ4n) is 3.55.